The lowest BCUT2D eigenvalue weighted by Crippen LogP contribution is -2.45. The number of benzene rings is 1. The van der Waals surface area contributed by atoms with Crippen molar-refractivity contribution in [3.63, 3.8) is 0 Å². The predicted octanol–water partition coefficient (Wildman–Crippen LogP) is 2.89. The van der Waals surface area contributed by atoms with Crippen molar-refractivity contribution in [2.24, 2.45) is 0 Å². The minimum Gasteiger partial charge on any atom is -0.489 e. The molecule has 2 aromatic heterocycles. The van der Waals surface area contributed by atoms with Crippen LogP contribution in [0.1, 0.15) is 25.7 Å². The SMILES string of the molecule is CS(=O)(=O)c1ccc2c(ccn2-c2ccc(OC3CCN(C(=O)CN4CCCC4)CC3)cn2)c1. The Balaban J connectivity index is 1.19. The summed E-state index contributed by atoms with van der Waals surface area (Å²) in [6.45, 7) is 4.07. The second-order valence-electron chi connectivity index (χ2n) is 9.21. The fraction of sp³-hybridized carbons (Fsp3) is 0.440. The number of carbonyl (C=O) groups excluding carboxylic acids is 1. The number of hydrogen-bond donors (Lipinski definition) is 0. The highest BCUT2D eigenvalue weighted by atomic mass is 32.2. The number of likely N-dealkylation sites (tertiary alicyclic amines) is 2. The second-order valence-corrected chi connectivity index (χ2v) is 11.2. The van der Waals surface area contributed by atoms with E-state index in [9.17, 15) is 13.2 Å². The maximum atomic E-state index is 12.5. The van der Waals surface area contributed by atoms with E-state index in [1.54, 1.807) is 24.4 Å². The molecule has 0 aliphatic carbocycles. The molecule has 9 heteroatoms. The Morgan fingerprint density at radius 2 is 1.82 bits per heavy atom. The lowest BCUT2D eigenvalue weighted by Gasteiger charge is -2.33. The number of pyridine rings is 1. The fourth-order valence-electron chi connectivity index (χ4n) is 4.78. The molecule has 5 rings (SSSR count). The normalized spacial score (nSPS) is 18.0. The number of sulfone groups is 1. The lowest BCUT2D eigenvalue weighted by atomic mass is 10.1. The number of nitrogens with zero attached hydrogens (tertiary/aromatic N) is 4. The third kappa shape index (κ3) is 4.95. The van der Waals surface area contributed by atoms with E-state index in [1.165, 1.54) is 19.1 Å². The Hall–Kier alpha value is -2.91. The molecule has 1 amide bonds. The van der Waals surface area contributed by atoms with Gasteiger partial charge in [0.15, 0.2) is 9.84 Å². The van der Waals surface area contributed by atoms with E-state index in [-0.39, 0.29) is 12.0 Å². The highest BCUT2D eigenvalue weighted by Crippen LogP contribution is 2.25. The van der Waals surface area contributed by atoms with Crippen LogP contribution in [0, 0.1) is 0 Å². The molecule has 0 bridgehead atoms. The summed E-state index contributed by atoms with van der Waals surface area (Å²) in [7, 11) is -3.25. The van der Waals surface area contributed by atoms with Gasteiger partial charge in [0.25, 0.3) is 0 Å². The van der Waals surface area contributed by atoms with E-state index in [1.807, 2.05) is 33.9 Å². The Bertz CT molecular complexity index is 1270. The van der Waals surface area contributed by atoms with Crippen molar-refractivity contribution in [2.45, 2.75) is 36.7 Å². The van der Waals surface area contributed by atoms with Gasteiger partial charge in [0.05, 0.1) is 23.2 Å². The number of rotatable bonds is 6. The zero-order valence-corrected chi connectivity index (χ0v) is 20.2. The summed E-state index contributed by atoms with van der Waals surface area (Å²) in [5.41, 5.74) is 0.888. The average molecular weight is 483 g/mol. The van der Waals surface area contributed by atoms with E-state index in [0.29, 0.717) is 17.2 Å². The van der Waals surface area contributed by atoms with Crippen molar-refractivity contribution >= 4 is 26.6 Å². The molecule has 2 saturated heterocycles. The predicted molar refractivity (Wildman–Crippen MR) is 130 cm³/mol. The molecule has 34 heavy (non-hydrogen) atoms. The van der Waals surface area contributed by atoms with Crippen LogP contribution in [-0.4, -0.2) is 78.8 Å². The molecule has 0 N–H and O–H groups in total. The monoisotopic (exact) mass is 482 g/mol. The van der Waals surface area contributed by atoms with Gasteiger partial charge in [-0.15, -0.1) is 0 Å². The van der Waals surface area contributed by atoms with Crippen molar-refractivity contribution < 1.29 is 17.9 Å². The first-order valence-electron chi connectivity index (χ1n) is 11.8. The van der Waals surface area contributed by atoms with Gasteiger partial charge in [0.1, 0.15) is 17.7 Å². The van der Waals surface area contributed by atoms with E-state index < -0.39 is 9.84 Å². The number of piperidine rings is 1. The highest BCUT2D eigenvalue weighted by Gasteiger charge is 2.26. The lowest BCUT2D eigenvalue weighted by molar-refractivity contribution is -0.134. The molecule has 2 fully saturated rings. The van der Waals surface area contributed by atoms with Gasteiger partial charge in [-0.05, 0) is 62.3 Å². The van der Waals surface area contributed by atoms with Crippen molar-refractivity contribution in [2.75, 3.05) is 39.0 Å². The first kappa shape index (κ1) is 22.9. The quantitative estimate of drug-likeness (QED) is 0.537. The molecule has 0 atom stereocenters. The molecule has 0 saturated carbocycles. The van der Waals surface area contributed by atoms with Gasteiger partial charge in [-0.1, -0.05) is 0 Å². The maximum absolute atomic E-state index is 12.5. The Kier molecular flexibility index (Phi) is 6.31. The Morgan fingerprint density at radius 1 is 1.06 bits per heavy atom. The van der Waals surface area contributed by atoms with Crippen molar-refractivity contribution in [1.82, 2.24) is 19.4 Å². The van der Waals surface area contributed by atoms with E-state index >= 15 is 0 Å². The molecule has 180 valence electrons. The van der Waals surface area contributed by atoms with E-state index in [2.05, 4.69) is 9.88 Å². The molecule has 0 spiro atoms. The number of ether oxygens (including phenoxy) is 1. The van der Waals surface area contributed by atoms with E-state index in [0.717, 1.165) is 55.7 Å². The number of aromatic nitrogens is 2. The summed E-state index contributed by atoms with van der Waals surface area (Å²) in [6, 6.07) is 10.8. The third-order valence-corrected chi connectivity index (χ3v) is 7.82. The van der Waals surface area contributed by atoms with Crippen LogP contribution in [0.15, 0.2) is 53.7 Å². The average Bonchev–Trinajstić information content (AvgIpc) is 3.49. The zero-order chi connectivity index (χ0) is 23.7. The topological polar surface area (TPSA) is 84.7 Å². The summed E-state index contributed by atoms with van der Waals surface area (Å²) in [6.07, 6.45) is 8.91. The summed E-state index contributed by atoms with van der Waals surface area (Å²) in [5, 5.41) is 0.844. The van der Waals surface area contributed by atoms with Gasteiger partial charge in [-0.2, -0.15) is 0 Å². The van der Waals surface area contributed by atoms with Crippen molar-refractivity contribution in [1.29, 1.82) is 0 Å². The molecule has 2 aliphatic heterocycles. The van der Waals surface area contributed by atoms with Crippen LogP contribution in [0.5, 0.6) is 5.75 Å². The molecule has 4 heterocycles. The largest absolute Gasteiger partial charge is 0.489 e. The van der Waals surface area contributed by atoms with Gasteiger partial charge in [0.2, 0.25) is 5.91 Å². The van der Waals surface area contributed by atoms with Crippen molar-refractivity contribution in [3.8, 4) is 11.6 Å². The highest BCUT2D eigenvalue weighted by molar-refractivity contribution is 7.90. The molecule has 8 nitrogen and oxygen atoms in total. The number of amides is 1. The zero-order valence-electron chi connectivity index (χ0n) is 19.4. The Labute approximate surface area is 200 Å². The Morgan fingerprint density at radius 3 is 2.50 bits per heavy atom. The molecular formula is C25H30N4O4S. The van der Waals surface area contributed by atoms with Gasteiger partial charge in [-0.25, -0.2) is 13.4 Å². The molecule has 1 aromatic carbocycles. The van der Waals surface area contributed by atoms with Gasteiger partial charge < -0.3 is 14.2 Å². The van der Waals surface area contributed by atoms with Crippen molar-refractivity contribution in [3.05, 3.63) is 48.8 Å². The van der Waals surface area contributed by atoms with Crippen LogP contribution in [0.2, 0.25) is 0 Å². The van der Waals surface area contributed by atoms with Gasteiger partial charge >= 0.3 is 0 Å². The molecule has 3 aromatic rings. The maximum Gasteiger partial charge on any atom is 0.236 e. The smallest absolute Gasteiger partial charge is 0.236 e. The number of carbonyl (C=O) groups is 1. The van der Waals surface area contributed by atoms with Crippen LogP contribution in [0.4, 0.5) is 0 Å². The van der Waals surface area contributed by atoms with Crippen LogP contribution in [0.25, 0.3) is 16.7 Å². The fourth-order valence-corrected chi connectivity index (χ4v) is 5.44. The molecular weight excluding hydrogens is 452 g/mol. The number of fused-ring (bicyclic) bond motifs is 1. The standard InChI is InChI=1S/C25H30N4O4S/c1-34(31,32)22-5-6-23-19(16-22)8-15-29(23)24-7-4-21(17-26-24)33-20-9-13-28(14-10-20)25(30)18-27-11-2-3-12-27/h4-8,15-17,20H,2-3,9-14,18H2,1H3. The van der Waals surface area contributed by atoms with Crippen LogP contribution in [0.3, 0.4) is 0 Å². The van der Waals surface area contributed by atoms with Crippen LogP contribution < -0.4 is 4.74 Å². The van der Waals surface area contributed by atoms with Gasteiger partial charge in [0, 0.05) is 43.8 Å². The van der Waals surface area contributed by atoms with Gasteiger partial charge in [-0.3, -0.25) is 9.69 Å². The summed E-state index contributed by atoms with van der Waals surface area (Å²) >= 11 is 0. The first-order valence-corrected chi connectivity index (χ1v) is 13.7. The minimum atomic E-state index is -3.25. The summed E-state index contributed by atoms with van der Waals surface area (Å²) in [5.74, 6) is 1.67. The first-order chi connectivity index (χ1) is 16.4. The minimum absolute atomic E-state index is 0.0744. The van der Waals surface area contributed by atoms with Crippen LogP contribution in [-0.2, 0) is 14.6 Å². The van der Waals surface area contributed by atoms with E-state index in [4.69, 9.17) is 4.74 Å². The van der Waals surface area contributed by atoms with Crippen LogP contribution >= 0.6 is 0 Å². The third-order valence-electron chi connectivity index (χ3n) is 6.71. The summed E-state index contributed by atoms with van der Waals surface area (Å²) in [4.78, 5) is 21.6. The molecule has 2 aliphatic rings. The molecule has 0 radical (unpaired) electrons. The molecule has 0 unspecified atom stereocenters. The second kappa shape index (κ2) is 9.38. The number of hydrogen-bond acceptors (Lipinski definition) is 6. The summed E-state index contributed by atoms with van der Waals surface area (Å²) < 4.78 is 31.7.